The highest BCUT2D eigenvalue weighted by Crippen LogP contribution is 2.52. The first kappa shape index (κ1) is 14.3. The van der Waals surface area contributed by atoms with E-state index in [0.717, 1.165) is 30.5 Å². The zero-order valence-corrected chi connectivity index (χ0v) is 12.0. The Morgan fingerprint density at radius 1 is 1.20 bits per heavy atom. The average Bonchev–Trinajstić information content (AvgIpc) is 2.68. The summed E-state index contributed by atoms with van der Waals surface area (Å²) < 4.78 is 38.6. The van der Waals surface area contributed by atoms with Crippen LogP contribution in [0.5, 0.6) is 0 Å². The second-order valence-electron chi connectivity index (χ2n) is 5.92. The maximum Gasteiger partial charge on any atom is 0.416 e. The first-order valence-corrected chi connectivity index (χ1v) is 7.78. The lowest BCUT2D eigenvalue weighted by atomic mass is 9.82. The Morgan fingerprint density at radius 2 is 1.80 bits per heavy atom. The molecule has 2 saturated heterocycles. The van der Waals surface area contributed by atoms with E-state index < -0.39 is 17.3 Å². The minimum atomic E-state index is -4.36. The van der Waals surface area contributed by atoms with E-state index in [1.54, 1.807) is 6.92 Å². The predicted octanol–water partition coefficient (Wildman–Crippen LogP) is 4.26. The van der Waals surface area contributed by atoms with Crippen LogP contribution in [0.15, 0.2) is 18.2 Å². The van der Waals surface area contributed by atoms with Crippen molar-refractivity contribution in [3.63, 3.8) is 0 Å². The summed E-state index contributed by atoms with van der Waals surface area (Å²) in [5, 5.41) is 11.7. The summed E-state index contributed by atoms with van der Waals surface area (Å²) in [6.07, 6.45) is -1.10. The maximum atomic E-state index is 12.9. The minimum Gasteiger partial charge on any atom is -0.385 e. The highest BCUT2D eigenvalue weighted by atomic mass is 32.2. The van der Waals surface area contributed by atoms with Crippen LogP contribution >= 0.6 is 11.8 Å². The van der Waals surface area contributed by atoms with Crippen molar-refractivity contribution < 1.29 is 18.3 Å². The molecule has 1 aromatic rings. The molecule has 5 heteroatoms. The van der Waals surface area contributed by atoms with Crippen LogP contribution in [0.25, 0.3) is 0 Å². The second kappa shape index (κ2) is 4.67. The molecule has 0 aromatic heterocycles. The zero-order valence-electron chi connectivity index (χ0n) is 11.2. The second-order valence-corrected chi connectivity index (χ2v) is 7.53. The summed E-state index contributed by atoms with van der Waals surface area (Å²) in [6, 6.07) is 3.71. The molecule has 2 atom stereocenters. The molecular weight excluding hydrogens is 285 g/mol. The van der Waals surface area contributed by atoms with Crippen molar-refractivity contribution in [3.05, 3.63) is 34.9 Å². The number of halogens is 3. The normalized spacial score (nSPS) is 33.5. The van der Waals surface area contributed by atoms with Crippen LogP contribution < -0.4 is 0 Å². The molecule has 2 aliphatic rings. The van der Waals surface area contributed by atoms with E-state index in [-0.39, 0.29) is 0 Å². The zero-order chi connectivity index (χ0) is 14.5. The third-order valence-corrected chi connectivity index (χ3v) is 5.97. The average molecular weight is 302 g/mol. The standard InChI is InChI=1S/C15H17F3OS/c1-9-2-3-10(15(16,17)18)6-13(9)14(19)7-11-4-5-12(8-14)20-11/h2-3,6,11-12,19H,4-5,7-8H2,1H3. The maximum absolute atomic E-state index is 12.9. The molecule has 1 N–H and O–H groups in total. The van der Waals surface area contributed by atoms with Gasteiger partial charge in [-0.15, -0.1) is 0 Å². The summed E-state index contributed by atoms with van der Waals surface area (Å²) in [4.78, 5) is 0. The molecular formula is C15H17F3OS. The van der Waals surface area contributed by atoms with Crippen molar-refractivity contribution in [1.82, 2.24) is 0 Å². The van der Waals surface area contributed by atoms with Crippen LogP contribution in [0.1, 0.15) is 42.4 Å². The summed E-state index contributed by atoms with van der Waals surface area (Å²) in [5.41, 5.74) is -0.559. The molecule has 2 fully saturated rings. The smallest absolute Gasteiger partial charge is 0.385 e. The number of alkyl halides is 3. The fourth-order valence-corrected chi connectivity index (χ4v) is 5.27. The van der Waals surface area contributed by atoms with E-state index >= 15 is 0 Å². The number of fused-ring (bicyclic) bond motifs is 2. The quantitative estimate of drug-likeness (QED) is 0.836. The molecule has 20 heavy (non-hydrogen) atoms. The lowest BCUT2D eigenvalue weighted by Gasteiger charge is -2.37. The molecule has 0 spiro atoms. The SMILES string of the molecule is Cc1ccc(C(F)(F)F)cc1C1(O)CC2CCC(C1)S2. The molecule has 0 aliphatic carbocycles. The number of thioether (sulfide) groups is 1. The van der Waals surface area contributed by atoms with Gasteiger partial charge in [-0.05, 0) is 55.9 Å². The molecule has 2 bridgehead atoms. The van der Waals surface area contributed by atoms with Gasteiger partial charge >= 0.3 is 6.18 Å². The van der Waals surface area contributed by atoms with E-state index in [0.29, 0.717) is 28.9 Å². The topological polar surface area (TPSA) is 20.2 Å². The van der Waals surface area contributed by atoms with Gasteiger partial charge in [0.15, 0.2) is 0 Å². The highest BCUT2D eigenvalue weighted by molar-refractivity contribution is 8.00. The van der Waals surface area contributed by atoms with E-state index in [1.165, 1.54) is 6.07 Å². The van der Waals surface area contributed by atoms with Crippen molar-refractivity contribution in [2.24, 2.45) is 0 Å². The Labute approximate surface area is 120 Å². The molecule has 0 radical (unpaired) electrons. The fourth-order valence-electron chi connectivity index (χ4n) is 3.44. The van der Waals surface area contributed by atoms with Crippen molar-refractivity contribution in [2.75, 3.05) is 0 Å². The van der Waals surface area contributed by atoms with Gasteiger partial charge in [0.05, 0.1) is 11.2 Å². The van der Waals surface area contributed by atoms with Crippen LogP contribution in [-0.4, -0.2) is 15.6 Å². The monoisotopic (exact) mass is 302 g/mol. The Hall–Kier alpha value is -0.680. The summed E-state index contributed by atoms with van der Waals surface area (Å²) in [7, 11) is 0. The van der Waals surface area contributed by atoms with Gasteiger partial charge in [-0.2, -0.15) is 24.9 Å². The number of hydrogen-bond acceptors (Lipinski definition) is 2. The molecule has 2 aliphatic heterocycles. The van der Waals surface area contributed by atoms with Gasteiger partial charge in [0, 0.05) is 10.5 Å². The van der Waals surface area contributed by atoms with E-state index in [1.807, 2.05) is 11.8 Å². The number of hydrogen-bond donors (Lipinski definition) is 1. The minimum absolute atomic E-state index is 0.382. The third kappa shape index (κ3) is 2.46. The van der Waals surface area contributed by atoms with E-state index in [9.17, 15) is 18.3 Å². The molecule has 1 nitrogen and oxygen atoms in total. The number of aryl methyl sites for hydroxylation is 1. The predicted molar refractivity (Wildman–Crippen MR) is 73.7 cm³/mol. The first-order valence-electron chi connectivity index (χ1n) is 6.84. The first-order chi connectivity index (χ1) is 9.28. The van der Waals surface area contributed by atoms with Crippen molar-refractivity contribution >= 4 is 11.8 Å². The molecule has 2 heterocycles. The van der Waals surface area contributed by atoms with Crippen LogP contribution in [-0.2, 0) is 11.8 Å². The third-order valence-electron chi connectivity index (χ3n) is 4.39. The molecule has 0 saturated carbocycles. The molecule has 2 unspecified atom stereocenters. The van der Waals surface area contributed by atoms with E-state index in [2.05, 4.69) is 0 Å². The van der Waals surface area contributed by atoms with Gasteiger partial charge in [0.2, 0.25) is 0 Å². The lowest BCUT2D eigenvalue weighted by Crippen LogP contribution is -2.35. The van der Waals surface area contributed by atoms with Crippen LogP contribution in [0.2, 0.25) is 0 Å². The molecule has 110 valence electrons. The summed E-state index contributed by atoms with van der Waals surface area (Å²) in [6.45, 7) is 1.77. The van der Waals surface area contributed by atoms with Crippen LogP contribution in [0, 0.1) is 6.92 Å². The van der Waals surface area contributed by atoms with Gasteiger partial charge in [0.25, 0.3) is 0 Å². The summed E-state index contributed by atoms with van der Waals surface area (Å²) in [5.74, 6) is 0. The van der Waals surface area contributed by atoms with Crippen molar-refractivity contribution in [3.8, 4) is 0 Å². The number of aliphatic hydroxyl groups is 1. The van der Waals surface area contributed by atoms with Crippen molar-refractivity contribution in [2.45, 2.75) is 54.9 Å². The Bertz CT molecular complexity index is 514. The van der Waals surface area contributed by atoms with Gasteiger partial charge in [-0.1, -0.05) is 6.07 Å². The molecule has 1 aromatic carbocycles. The van der Waals surface area contributed by atoms with Gasteiger partial charge < -0.3 is 5.11 Å². The van der Waals surface area contributed by atoms with Crippen LogP contribution in [0.4, 0.5) is 13.2 Å². The van der Waals surface area contributed by atoms with Gasteiger partial charge in [-0.25, -0.2) is 0 Å². The Kier molecular flexibility index (Phi) is 3.33. The Morgan fingerprint density at radius 3 is 2.35 bits per heavy atom. The van der Waals surface area contributed by atoms with Gasteiger partial charge in [-0.3, -0.25) is 0 Å². The Balaban J connectivity index is 2.00. The number of rotatable bonds is 1. The number of benzene rings is 1. The molecule has 3 rings (SSSR count). The largest absolute Gasteiger partial charge is 0.416 e. The fraction of sp³-hybridized carbons (Fsp3) is 0.600. The van der Waals surface area contributed by atoms with Crippen molar-refractivity contribution in [1.29, 1.82) is 0 Å². The highest BCUT2D eigenvalue weighted by Gasteiger charge is 2.45. The lowest BCUT2D eigenvalue weighted by molar-refractivity contribution is -0.137. The summed E-state index contributed by atoms with van der Waals surface area (Å²) >= 11 is 1.88. The van der Waals surface area contributed by atoms with Gasteiger partial charge in [0.1, 0.15) is 0 Å². The van der Waals surface area contributed by atoms with E-state index in [4.69, 9.17) is 0 Å². The van der Waals surface area contributed by atoms with Crippen LogP contribution in [0.3, 0.4) is 0 Å². The molecule has 0 amide bonds.